The van der Waals surface area contributed by atoms with Crippen LogP contribution in [0.3, 0.4) is 0 Å². The van der Waals surface area contributed by atoms with Gasteiger partial charge in [-0.1, -0.05) is 6.82 Å². The van der Waals surface area contributed by atoms with Gasteiger partial charge in [0.05, 0.1) is 23.7 Å². The number of carbonyl (C=O) groups excluding carboxylic acids is 1. The fourth-order valence-corrected chi connectivity index (χ4v) is 2.08. The number of hydrogen-bond donors (Lipinski definition) is 2. The van der Waals surface area contributed by atoms with Crippen LogP contribution in [0, 0.1) is 0 Å². The molecule has 0 aliphatic carbocycles. The first kappa shape index (κ1) is 20.1. The predicted molar refractivity (Wildman–Crippen MR) is 104 cm³/mol. The summed E-state index contributed by atoms with van der Waals surface area (Å²) < 4.78 is 30.6. The average Bonchev–Trinajstić information content (AvgIpc) is 2.60. The second kappa shape index (κ2) is 9.51. The molecule has 1 N–H and O–H groups in total. The third-order valence-electron chi connectivity index (χ3n) is 3.84. The first-order valence-electron chi connectivity index (χ1n) is 9.38. The molecule has 0 amide bonds. The number of aliphatic hydroxyl groups is 1. The lowest BCUT2D eigenvalue weighted by atomic mass is 9.81. The monoisotopic (exact) mass is 363 g/mol. The summed E-state index contributed by atoms with van der Waals surface area (Å²) in [5.74, 6) is -0.362. The molecule has 0 aromatic rings. The van der Waals surface area contributed by atoms with Crippen LogP contribution in [-0.2, 0) is 18.8 Å². The molecule has 0 bridgehead atoms. The van der Waals surface area contributed by atoms with E-state index in [0.717, 1.165) is 0 Å². The van der Waals surface area contributed by atoms with E-state index in [1.165, 1.54) is 0 Å². The highest BCUT2D eigenvalue weighted by molar-refractivity contribution is 8.06. The van der Waals surface area contributed by atoms with Gasteiger partial charge in [-0.15, -0.1) is 0 Å². The SMILES string of the molecule is [2H]B(C)S.[3H]O[C@@H](CCB1OC(C)(C)C(C)(C)O1)CC(=O)OC(C)(C)C. The number of ether oxygens (including phenoxy) is 1. The van der Waals surface area contributed by atoms with E-state index in [-0.39, 0.29) is 37.2 Å². The van der Waals surface area contributed by atoms with Crippen molar-refractivity contribution in [2.45, 2.75) is 97.4 Å². The number of thiol groups is 1. The van der Waals surface area contributed by atoms with Crippen LogP contribution in [0.15, 0.2) is 0 Å². The van der Waals surface area contributed by atoms with E-state index in [0.29, 0.717) is 12.7 Å². The zero-order valence-corrected chi connectivity index (χ0v) is 17.2. The van der Waals surface area contributed by atoms with Gasteiger partial charge in [0.15, 0.2) is 6.52 Å². The number of aliphatic hydroxyl groups excluding tert-OH is 1. The van der Waals surface area contributed by atoms with Gasteiger partial charge < -0.3 is 19.2 Å². The first-order chi connectivity index (χ1) is 11.6. The highest BCUT2D eigenvalue weighted by Gasteiger charge is 2.50. The second-order valence-electron chi connectivity index (χ2n) is 7.93. The molecule has 1 atom stereocenters. The Morgan fingerprint density at radius 1 is 1.42 bits per heavy atom. The van der Waals surface area contributed by atoms with Crippen LogP contribution in [0.1, 0.15) is 61.3 Å². The maximum absolute atomic E-state index is 11.8. The van der Waals surface area contributed by atoms with Crippen molar-refractivity contribution in [2.24, 2.45) is 0 Å². The third-order valence-corrected chi connectivity index (χ3v) is 3.84. The molecule has 140 valence electrons. The van der Waals surface area contributed by atoms with Gasteiger partial charge >= 0.3 is 13.1 Å². The largest absolute Gasteiger partial charge is 0.460 e. The molecule has 0 aromatic carbocycles. The molecular weight excluding hydrogens is 326 g/mol. The van der Waals surface area contributed by atoms with Gasteiger partial charge in [0, 0.05) is 0 Å². The van der Waals surface area contributed by atoms with Gasteiger partial charge in [0.2, 0.25) is 1.43 Å². The molecule has 0 aromatic heterocycles. The van der Waals surface area contributed by atoms with Crippen LogP contribution in [0.2, 0.25) is 13.1 Å². The molecule has 1 saturated heterocycles. The Balaban J connectivity index is 0.00000141. The third kappa shape index (κ3) is 8.79. The van der Waals surface area contributed by atoms with Gasteiger partial charge in [0.25, 0.3) is 0 Å². The molecule has 1 fully saturated rings. The molecule has 24 heavy (non-hydrogen) atoms. The van der Waals surface area contributed by atoms with Crippen LogP contribution in [0.5, 0.6) is 0 Å². The summed E-state index contributed by atoms with van der Waals surface area (Å²) in [6.07, 6.45) is 0.604. The number of rotatable bonds is 6. The van der Waals surface area contributed by atoms with Crippen molar-refractivity contribution >= 4 is 32.1 Å². The maximum atomic E-state index is 11.8. The Kier molecular flexibility index (Phi) is 7.98. The fourth-order valence-electron chi connectivity index (χ4n) is 2.08. The Labute approximate surface area is 156 Å². The van der Waals surface area contributed by atoms with E-state index in [9.17, 15) is 4.79 Å². The summed E-state index contributed by atoms with van der Waals surface area (Å²) in [6.45, 7) is 14.9. The van der Waals surface area contributed by atoms with E-state index < -0.39 is 11.7 Å². The van der Waals surface area contributed by atoms with Crippen molar-refractivity contribution in [1.29, 1.82) is 2.77 Å². The Bertz CT molecular complexity index is 426. The lowest BCUT2D eigenvalue weighted by Gasteiger charge is -2.32. The Morgan fingerprint density at radius 3 is 2.25 bits per heavy atom. The summed E-state index contributed by atoms with van der Waals surface area (Å²) in [6, 6.07) is 0. The zero-order valence-electron chi connectivity index (χ0n) is 18.3. The van der Waals surface area contributed by atoms with E-state index in [4.69, 9.17) is 16.8 Å². The molecule has 1 aliphatic heterocycles. The lowest BCUT2D eigenvalue weighted by molar-refractivity contribution is -0.157. The van der Waals surface area contributed by atoms with Crippen LogP contribution < -0.4 is 0 Å². The summed E-state index contributed by atoms with van der Waals surface area (Å²) in [5.41, 5.74) is -1.28. The van der Waals surface area contributed by atoms with E-state index >= 15 is 0 Å². The molecule has 1 aliphatic rings. The molecule has 1 heterocycles. The molecule has 8 heteroatoms. The highest BCUT2D eigenvalue weighted by Crippen LogP contribution is 2.38. The molecule has 0 spiro atoms. The van der Waals surface area contributed by atoms with Crippen LogP contribution in [0.4, 0.5) is 0 Å². The summed E-state index contributed by atoms with van der Waals surface area (Å²) in [4.78, 5) is 11.8. The van der Waals surface area contributed by atoms with Crippen molar-refractivity contribution in [1.82, 2.24) is 0 Å². The summed E-state index contributed by atoms with van der Waals surface area (Å²) >= 11 is 3.63. The topological polar surface area (TPSA) is 65.0 Å². The van der Waals surface area contributed by atoms with E-state index in [1.54, 1.807) is 6.82 Å². The molecule has 0 saturated carbocycles. The van der Waals surface area contributed by atoms with Crippen molar-refractivity contribution in [3.8, 4) is 0 Å². The minimum Gasteiger partial charge on any atom is -0.460 e. The lowest BCUT2D eigenvalue weighted by Crippen LogP contribution is -2.41. The summed E-state index contributed by atoms with van der Waals surface area (Å²) in [7, 11) is -0.346. The summed E-state index contributed by atoms with van der Waals surface area (Å²) in [5, 5.41) is 4.64. The Morgan fingerprint density at radius 2 is 1.88 bits per heavy atom. The molecule has 1 rings (SSSR count). The first-order valence-corrected chi connectivity index (χ1v) is 8.91. The highest BCUT2D eigenvalue weighted by atomic mass is 32.1. The van der Waals surface area contributed by atoms with Gasteiger partial charge in [-0.2, -0.15) is 0 Å². The van der Waals surface area contributed by atoms with Crippen molar-refractivity contribution in [3.05, 3.63) is 0 Å². The van der Waals surface area contributed by atoms with Gasteiger partial charge in [-0.25, -0.2) is 12.5 Å². The van der Waals surface area contributed by atoms with Crippen molar-refractivity contribution < 1.29 is 23.9 Å². The van der Waals surface area contributed by atoms with Gasteiger partial charge in [0.1, 0.15) is 5.60 Å². The fraction of sp³-hybridized carbons (Fsp3) is 0.938. The molecular formula is C16H34B2O5S. The molecule has 0 radical (unpaired) electrons. The standard InChI is InChI=1S/C15H29BO5.CH5BS/c1-13(2,3)19-12(18)10-11(17)8-9-16-20-14(4,5)15(6,7)21-16;1-2-3/h11,17H,8-10H2,1-7H3;2-3H,1H3/t11-;/m0./s1/i17T;2D. The van der Waals surface area contributed by atoms with Crippen molar-refractivity contribution in [3.63, 3.8) is 0 Å². The quantitative estimate of drug-likeness (QED) is 0.432. The van der Waals surface area contributed by atoms with Gasteiger partial charge in [-0.3, -0.25) is 4.79 Å². The molecule has 5 nitrogen and oxygen atoms in total. The minimum absolute atomic E-state index is 0.0558. The Hall–Kier alpha value is -0.170. The molecule has 0 unspecified atom stereocenters. The van der Waals surface area contributed by atoms with Crippen LogP contribution in [-0.4, -0.2) is 50.4 Å². The van der Waals surface area contributed by atoms with Crippen LogP contribution >= 0.6 is 12.5 Å². The minimum atomic E-state index is -0.532. The number of esters is 1. The van der Waals surface area contributed by atoms with E-state index in [1.807, 2.05) is 48.5 Å². The maximum Gasteiger partial charge on any atom is 0.457 e. The predicted octanol–water partition coefficient (Wildman–Crippen LogP) is 2.88. The van der Waals surface area contributed by atoms with Crippen molar-refractivity contribution in [2.75, 3.05) is 0 Å². The average molecular weight is 363 g/mol. The van der Waals surface area contributed by atoms with Crippen LogP contribution in [0.25, 0.3) is 0 Å². The second-order valence-corrected chi connectivity index (χ2v) is 8.45. The number of hydrogen-bond acceptors (Lipinski definition) is 6. The normalized spacial score (nSPS) is 21.1. The zero-order chi connectivity index (χ0) is 20.8. The number of carbonyl (C=O) groups is 1. The van der Waals surface area contributed by atoms with E-state index in [2.05, 4.69) is 17.6 Å². The smallest absolute Gasteiger partial charge is 0.457 e. The van der Waals surface area contributed by atoms with Gasteiger partial charge in [-0.05, 0) is 62.5 Å².